The van der Waals surface area contributed by atoms with E-state index in [-0.39, 0.29) is 4.90 Å². The normalized spacial score (nSPS) is 15.3. The number of rotatable bonds is 10. The lowest BCUT2D eigenvalue weighted by Crippen LogP contribution is -2.33. The Morgan fingerprint density at radius 3 is 2.04 bits per heavy atom. The summed E-state index contributed by atoms with van der Waals surface area (Å²) in [5, 5.41) is 9.70. The molecular formula is C15H21ClO7S3. The summed E-state index contributed by atoms with van der Waals surface area (Å²) in [6.45, 7) is 4.75. The van der Waals surface area contributed by atoms with Crippen molar-refractivity contribution in [2.24, 2.45) is 0 Å². The smallest absolute Gasteiger partial charge is 0.179 e. The largest absolute Gasteiger partial charge is 0.391 e. The number of aliphatic hydroxyl groups excluding tert-OH is 1. The van der Waals surface area contributed by atoms with Crippen molar-refractivity contribution < 1.29 is 30.4 Å². The molecule has 1 aromatic rings. The van der Waals surface area contributed by atoms with E-state index in [1.54, 1.807) is 0 Å². The molecule has 2 unspecified atom stereocenters. The zero-order chi connectivity index (χ0) is 20.2. The van der Waals surface area contributed by atoms with E-state index in [9.17, 15) is 30.4 Å². The summed E-state index contributed by atoms with van der Waals surface area (Å²) >= 11 is 5.46. The van der Waals surface area contributed by atoms with Crippen LogP contribution in [-0.4, -0.2) is 64.2 Å². The number of hydrogen-bond acceptors (Lipinski definition) is 7. The SMILES string of the molecule is C=Cc1ccc(S(=O)(=O)CCS(=O)(=O)CC(O)CS(=O)(=O)C(C)Cl)cc1. The van der Waals surface area contributed by atoms with Crippen molar-refractivity contribution in [3.8, 4) is 0 Å². The standard InChI is InChI=1S/C15H21ClO7S3/c1-3-13-4-6-15(7-5-13)25(20,21)9-8-24(18,19)10-14(17)11-26(22,23)12(2)16/h3-7,12,14,17H,1,8-11H2,2H3. The van der Waals surface area contributed by atoms with E-state index < -0.39 is 63.3 Å². The minimum Gasteiger partial charge on any atom is -0.391 e. The highest BCUT2D eigenvalue weighted by atomic mass is 35.5. The Kier molecular flexibility index (Phi) is 7.85. The van der Waals surface area contributed by atoms with Gasteiger partial charge in [0, 0.05) is 0 Å². The van der Waals surface area contributed by atoms with Crippen LogP contribution in [-0.2, 0) is 29.5 Å². The fourth-order valence-electron chi connectivity index (χ4n) is 1.99. The van der Waals surface area contributed by atoms with Crippen molar-refractivity contribution in [1.82, 2.24) is 0 Å². The first-order valence-electron chi connectivity index (χ1n) is 7.48. The molecule has 148 valence electrons. The Morgan fingerprint density at radius 1 is 1.04 bits per heavy atom. The highest BCUT2D eigenvalue weighted by molar-refractivity contribution is 7.95. The Hall–Kier alpha value is -0.940. The van der Waals surface area contributed by atoms with Gasteiger partial charge in [-0.25, -0.2) is 25.3 Å². The van der Waals surface area contributed by atoms with Crippen molar-refractivity contribution in [2.75, 3.05) is 23.0 Å². The zero-order valence-corrected chi connectivity index (χ0v) is 17.3. The van der Waals surface area contributed by atoms with E-state index in [0.29, 0.717) is 0 Å². The predicted octanol–water partition coefficient (Wildman–Crippen LogP) is 0.879. The topological polar surface area (TPSA) is 123 Å². The highest BCUT2D eigenvalue weighted by Gasteiger charge is 2.27. The first kappa shape index (κ1) is 23.1. The molecule has 0 radical (unpaired) electrons. The predicted molar refractivity (Wildman–Crippen MR) is 102 cm³/mol. The fraction of sp³-hybridized carbons (Fsp3) is 0.467. The average molecular weight is 445 g/mol. The molecule has 0 fully saturated rings. The molecule has 2 atom stereocenters. The maximum Gasteiger partial charge on any atom is 0.179 e. The molecule has 26 heavy (non-hydrogen) atoms. The highest BCUT2D eigenvalue weighted by Crippen LogP contribution is 2.14. The maximum absolute atomic E-state index is 12.2. The van der Waals surface area contributed by atoms with Crippen LogP contribution in [0.15, 0.2) is 35.7 Å². The monoisotopic (exact) mass is 444 g/mol. The van der Waals surface area contributed by atoms with E-state index >= 15 is 0 Å². The van der Waals surface area contributed by atoms with Crippen molar-refractivity contribution in [2.45, 2.75) is 22.6 Å². The van der Waals surface area contributed by atoms with Gasteiger partial charge in [0.15, 0.2) is 29.5 Å². The number of alkyl halides is 1. The summed E-state index contributed by atoms with van der Waals surface area (Å²) in [4.78, 5) is -0.0302. The fourth-order valence-corrected chi connectivity index (χ4v) is 6.83. The molecule has 0 aliphatic rings. The van der Waals surface area contributed by atoms with E-state index in [2.05, 4.69) is 6.58 Å². The first-order chi connectivity index (χ1) is 11.8. The summed E-state index contributed by atoms with van der Waals surface area (Å²) in [5.41, 5.74) is 0.717. The average Bonchev–Trinajstić information content (AvgIpc) is 2.52. The molecular weight excluding hydrogens is 424 g/mol. The molecule has 11 heteroatoms. The molecule has 1 rings (SSSR count). The second-order valence-corrected chi connectivity index (χ2v) is 13.4. The van der Waals surface area contributed by atoms with Crippen molar-refractivity contribution in [3.05, 3.63) is 36.4 Å². The van der Waals surface area contributed by atoms with Crippen LogP contribution < -0.4 is 0 Å². The summed E-state index contributed by atoms with van der Waals surface area (Å²) in [6, 6.07) is 5.77. The van der Waals surface area contributed by atoms with Crippen LogP contribution in [0.3, 0.4) is 0 Å². The van der Waals surface area contributed by atoms with Gasteiger partial charge in [-0.2, -0.15) is 0 Å². The van der Waals surface area contributed by atoms with Crippen LogP contribution in [0.2, 0.25) is 0 Å². The number of halogens is 1. The molecule has 0 saturated heterocycles. The third kappa shape index (κ3) is 6.99. The summed E-state index contributed by atoms with van der Waals surface area (Å²) in [5.74, 6) is -3.08. The summed E-state index contributed by atoms with van der Waals surface area (Å²) in [6.07, 6.45) is -0.140. The Morgan fingerprint density at radius 2 is 1.58 bits per heavy atom. The van der Waals surface area contributed by atoms with Crippen molar-refractivity contribution in [1.29, 1.82) is 0 Å². The van der Waals surface area contributed by atoms with Gasteiger partial charge in [-0.3, -0.25) is 0 Å². The van der Waals surface area contributed by atoms with Gasteiger partial charge >= 0.3 is 0 Å². The summed E-state index contributed by atoms with van der Waals surface area (Å²) in [7, 11) is -11.7. The van der Waals surface area contributed by atoms with Crippen molar-refractivity contribution >= 4 is 47.2 Å². The lowest BCUT2D eigenvalue weighted by molar-refractivity contribution is 0.220. The molecule has 7 nitrogen and oxygen atoms in total. The third-order valence-corrected chi connectivity index (χ3v) is 9.87. The van der Waals surface area contributed by atoms with E-state index in [0.717, 1.165) is 5.56 Å². The van der Waals surface area contributed by atoms with Gasteiger partial charge in [0.05, 0.1) is 34.0 Å². The van der Waals surface area contributed by atoms with Crippen LogP contribution in [0.5, 0.6) is 0 Å². The van der Waals surface area contributed by atoms with Crippen LogP contribution in [0.25, 0.3) is 6.08 Å². The molecule has 0 aromatic heterocycles. The minimum absolute atomic E-state index is 0.0302. The molecule has 0 saturated carbocycles. The van der Waals surface area contributed by atoms with Crippen molar-refractivity contribution in [3.63, 3.8) is 0 Å². The lowest BCUT2D eigenvalue weighted by Gasteiger charge is -2.13. The van der Waals surface area contributed by atoms with Gasteiger partial charge in [0.25, 0.3) is 0 Å². The number of benzene rings is 1. The second-order valence-electron chi connectivity index (χ2n) is 5.73. The van der Waals surface area contributed by atoms with Gasteiger partial charge in [0.2, 0.25) is 0 Å². The summed E-state index contributed by atoms with van der Waals surface area (Å²) < 4.78 is 70.4. The van der Waals surface area contributed by atoms with E-state index in [1.807, 2.05) is 0 Å². The third-order valence-electron chi connectivity index (χ3n) is 3.50. The van der Waals surface area contributed by atoms with Gasteiger partial charge in [-0.05, 0) is 24.6 Å². The molecule has 0 spiro atoms. The quantitative estimate of drug-likeness (QED) is 0.531. The lowest BCUT2D eigenvalue weighted by atomic mass is 10.2. The van der Waals surface area contributed by atoms with Crippen LogP contribution in [0, 0.1) is 0 Å². The number of sulfone groups is 3. The molecule has 0 bridgehead atoms. The molecule has 1 N–H and O–H groups in total. The maximum atomic E-state index is 12.2. The molecule has 0 aliphatic carbocycles. The minimum atomic E-state index is -3.99. The molecule has 0 aliphatic heterocycles. The van der Waals surface area contributed by atoms with Gasteiger partial charge in [-0.15, -0.1) is 11.6 Å². The van der Waals surface area contributed by atoms with Crippen LogP contribution >= 0.6 is 11.6 Å². The number of aliphatic hydroxyl groups is 1. The Balaban J connectivity index is 2.76. The molecule has 0 heterocycles. The van der Waals surface area contributed by atoms with Gasteiger partial charge < -0.3 is 5.11 Å². The number of hydrogen-bond donors (Lipinski definition) is 1. The zero-order valence-electron chi connectivity index (χ0n) is 14.1. The Bertz CT molecular complexity index is 931. The van der Waals surface area contributed by atoms with Gasteiger partial charge in [0.1, 0.15) is 4.71 Å². The second kappa shape index (κ2) is 8.83. The van der Waals surface area contributed by atoms with E-state index in [1.165, 1.54) is 37.3 Å². The molecule has 1 aromatic carbocycles. The Labute approximate surface area is 159 Å². The first-order valence-corrected chi connectivity index (χ1v) is 13.1. The van der Waals surface area contributed by atoms with Crippen LogP contribution in [0.1, 0.15) is 12.5 Å². The van der Waals surface area contributed by atoms with Gasteiger partial charge in [-0.1, -0.05) is 24.8 Å². The van der Waals surface area contributed by atoms with E-state index in [4.69, 9.17) is 11.6 Å². The molecule has 0 amide bonds. The van der Waals surface area contributed by atoms with Crippen LogP contribution in [0.4, 0.5) is 0 Å².